The summed E-state index contributed by atoms with van der Waals surface area (Å²) in [6.45, 7) is 1.84. The van der Waals surface area contributed by atoms with E-state index < -0.39 is 0 Å². The quantitative estimate of drug-likeness (QED) is 0.505. The summed E-state index contributed by atoms with van der Waals surface area (Å²) in [5.41, 5.74) is 3.35. The van der Waals surface area contributed by atoms with Gasteiger partial charge in [0, 0.05) is 42.7 Å². The molecule has 6 heteroatoms. The summed E-state index contributed by atoms with van der Waals surface area (Å²) in [6.07, 6.45) is 3.35. The van der Waals surface area contributed by atoms with Gasteiger partial charge in [-0.2, -0.15) is 0 Å². The summed E-state index contributed by atoms with van der Waals surface area (Å²) in [6, 6.07) is 12.8. The molecule has 0 spiro atoms. The van der Waals surface area contributed by atoms with Gasteiger partial charge in [-0.25, -0.2) is 19.3 Å². The van der Waals surface area contributed by atoms with Gasteiger partial charge < -0.3 is 4.57 Å². The smallest absolute Gasteiger partial charge is 0.129 e. The molecule has 0 aliphatic heterocycles. The summed E-state index contributed by atoms with van der Waals surface area (Å²) in [4.78, 5) is 13.8. The molecule has 0 atom stereocenters. The lowest BCUT2D eigenvalue weighted by atomic mass is 10.1. The molecular formula is C21H18ClFN4. The van der Waals surface area contributed by atoms with Crippen molar-refractivity contribution in [2.24, 2.45) is 7.05 Å². The predicted octanol–water partition coefficient (Wildman–Crippen LogP) is 4.92. The van der Waals surface area contributed by atoms with E-state index in [1.807, 2.05) is 55.1 Å². The normalized spacial score (nSPS) is 11.3. The van der Waals surface area contributed by atoms with Gasteiger partial charge in [0.2, 0.25) is 0 Å². The fourth-order valence-electron chi connectivity index (χ4n) is 3.18. The van der Waals surface area contributed by atoms with Crippen molar-refractivity contribution in [3.8, 4) is 11.3 Å². The first kappa shape index (κ1) is 17.6. The molecule has 0 aliphatic rings. The predicted molar refractivity (Wildman–Crippen MR) is 105 cm³/mol. The van der Waals surface area contributed by atoms with Crippen LogP contribution in [0.3, 0.4) is 0 Å². The monoisotopic (exact) mass is 380 g/mol. The van der Waals surface area contributed by atoms with Crippen molar-refractivity contribution in [3.63, 3.8) is 0 Å². The van der Waals surface area contributed by atoms with E-state index in [9.17, 15) is 4.39 Å². The maximum atomic E-state index is 13.6. The molecule has 0 aliphatic carbocycles. The van der Waals surface area contributed by atoms with Gasteiger partial charge in [0.05, 0.1) is 16.2 Å². The first-order valence-electron chi connectivity index (χ1n) is 8.71. The molecule has 0 saturated carbocycles. The molecule has 0 N–H and O–H groups in total. The van der Waals surface area contributed by atoms with E-state index in [1.54, 1.807) is 0 Å². The van der Waals surface area contributed by atoms with Crippen molar-refractivity contribution in [2.75, 3.05) is 0 Å². The van der Waals surface area contributed by atoms with Crippen LogP contribution in [0, 0.1) is 12.7 Å². The Morgan fingerprint density at radius 2 is 1.81 bits per heavy atom. The third-order valence-corrected chi connectivity index (χ3v) is 4.86. The number of hydrogen-bond acceptors (Lipinski definition) is 3. The van der Waals surface area contributed by atoms with E-state index in [0.717, 1.165) is 22.8 Å². The van der Waals surface area contributed by atoms with Gasteiger partial charge in [0.1, 0.15) is 17.5 Å². The van der Waals surface area contributed by atoms with E-state index in [0.29, 0.717) is 34.6 Å². The van der Waals surface area contributed by atoms with Gasteiger partial charge in [-0.15, -0.1) is 0 Å². The second kappa shape index (κ2) is 7.08. The third-order valence-electron chi connectivity index (χ3n) is 4.57. The largest absolute Gasteiger partial charge is 0.337 e. The summed E-state index contributed by atoms with van der Waals surface area (Å²) >= 11 is 6.17. The molecule has 4 aromatic rings. The van der Waals surface area contributed by atoms with E-state index >= 15 is 0 Å². The minimum Gasteiger partial charge on any atom is -0.337 e. The van der Waals surface area contributed by atoms with Crippen LogP contribution < -0.4 is 0 Å². The zero-order chi connectivity index (χ0) is 19.0. The Kier molecular flexibility index (Phi) is 4.62. The van der Waals surface area contributed by atoms with E-state index in [2.05, 4.69) is 9.97 Å². The molecule has 2 aromatic carbocycles. The number of imidazole rings is 1. The van der Waals surface area contributed by atoms with Crippen LogP contribution in [-0.4, -0.2) is 19.5 Å². The Balaban J connectivity index is 1.60. The highest BCUT2D eigenvalue weighted by Gasteiger charge is 2.12. The summed E-state index contributed by atoms with van der Waals surface area (Å²) in [7, 11) is 1.99. The Morgan fingerprint density at radius 3 is 2.59 bits per heavy atom. The topological polar surface area (TPSA) is 43.6 Å². The highest BCUT2D eigenvalue weighted by Crippen LogP contribution is 2.25. The van der Waals surface area contributed by atoms with Gasteiger partial charge in [-0.1, -0.05) is 41.9 Å². The van der Waals surface area contributed by atoms with Crippen molar-refractivity contribution in [3.05, 3.63) is 76.8 Å². The highest BCUT2D eigenvalue weighted by atomic mass is 35.5. The Labute approximate surface area is 161 Å². The lowest BCUT2D eigenvalue weighted by molar-refractivity contribution is 0.629. The third kappa shape index (κ3) is 3.55. The molecule has 0 amide bonds. The lowest BCUT2D eigenvalue weighted by Crippen LogP contribution is -2.05. The number of rotatable bonds is 4. The molecule has 0 fully saturated rings. The first-order valence-corrected chi connectivity index (χ1v) is 9.09. The molecule has 4 rings (SSSR count). The van der Waals surface area contributed by atoms with Crippen molar-refractivity contribution >= 4 is 22.5 Å². The Hall–Kier alpha value is -2.79. The van der Waals surface area contributed by atoms with Gasteiger partial charge in [0.15, 0.2) is 0 Å². The van der Waals surface area contributed by atoms with Gasteiger partial charge >= 0.3 is 0 Å². The zero-order valence-electron chi connectivity index (χ0n) is 15.1. The second-order valence-corrected chi connectivity index (χ2v) is 6.94. The number of benzene rings is 2. The molecule has 0 bridgehead atoms. The molecule has 2 heterocycles. The lowest BCUT2D eigenvalue weighted by Gasteiger charge is -2.07. The van der Waals surface area contributed by atoms with Crippen molar-refractivity contribution in [2.45, 2.75) is 19.8 Å². The second-order valence-electron chi connectivity index (χ2n) is 6.53. The summed E-state index contributed by atoms with van der Waals surface area (Å²) in [5, 5.41) is 0.951. The van der Waals surface area contributed by atoms with Gasteiger partial charge in [-0.3, -0.25) is 0 Å². The molecular weight excluding hydrogens is 363 g/mol. The average Bonchev–Trinajstić information content (AvgIpc) is 3.02. The van der Waals surface area contributed by atoms with Crippen LogP contribution in [0.4, 0.5) is 4.39 Å². The van der Waals surface area contributed by atoms with E-state index in [4.69, 9.17) is 16.6 Å². The highest BCUT2D eigenvalue weighted by molar-refractivity contribution is 6.35. The van der Waals surface area contributed by atoms with E-state index in [1.165, 1.54) is 12.1 Å². The fraction of sp³-hybridized carbons (Fsp3) is 0.190. The number of nitrogens with zero attached hydrogens (tertiary/aromatic N) is 4. The molecule has 27 heavy (non-hydrogen) atoms. The van der Waals surface area contributed by atoms with Gasteiger partial charge in [-0.05, 0) is 19.1 Å². The fourth-order valence-corrected chi connectivity index (χ4v) is 3.43. The van der Waals surface area contributed by atoms with Crippen LogP contribution in [0.5, 0.6) is 0 Å². The van der Waals surface area contributed by atoms with Crippen molar-refractivity contribution < 1.29 is 4.39 Å². The number of fused-ring (bicyclic) bond motifs is 1. The van der Waals surface area contributed by atoms with Gasteiger partial charge in [0.25, 0.3) is 0 Å². The minimum atomic E-state index is -0.381. The van der Waals surface area contributed by atoms with Crippen LogP contribution in [0.15, 0.2) is 48.7 Å². The van der Waals surface area contributed by atoms with Crippen LogP contribution in [0.2, 0.25) is 5.02 Å². The SMILES string of the molecule is Cc1nc(CCc2nc(-c3ccccc3)cn2C)nc2c(Cl)cc(F)cc12. The Morgan fingerprint density at radius 1 is 1.04 bits per heavy atom. The molecule has 0 saturated heterocycles. The molecule has 0 unspecified atom stereocenters. The van der Waals surface area contributed by atoms with Crippen LogP contribution in [0.25, 0.3) is 22.2 Å². The van der Waals surface area contributed by atoms with Crippen LogP contribution in [-0.2, 0) is 19.9 Å². The number of hydrogen-bond donors (Lipinski definition) is 0. The number of aromatic nitrogens is 4. The standard InChI is InChI=1S/C21H18ClFN4/c1-13-16-10-15(23)11-17(22)21(16)26-19(24-13)8-9-20-25-18(12-27(20)2)14-6-4-3-5-7-14/h3-7,10-12H,8-9H2,1-2H3. The van der Waals surface area contributed by atoms with Crippen molar-refractivity contribution in [1.82, 2.24) is 19.5 Å². The maximum Gasteiger partial charge on any atom is 0.129 e. The number of aryl methyl sites for hydroxylation is 4. The van der Waals surface area contributed by atoms with Crippen LogP contribution in [0.1, 0.15) is 17.3 Å². The summed E-state index contributed by atoms with van der Waals surface area (Å²) < 4.78 is 15.6. The summed E-state index contributed by atoms with van der Waals surface area (Å²) in [5.74, 6) is 1.26. The first-order chi connectivity index (χ1) is 13.0. The molecule has 136 valence electrons. The number of halogens is 2. The Bertz CT molecular complexity index is 1120. The zero-order valence-corrected chi connectivity index (χ0v) is 15.8. The maximum absolute atomic E-state index is 13.6. The van der Waals surface area contributed by atoms with Crippen molar-refractivity contribution in [1.29, 1.82) is 0 Å². The minimum absolute atomic E-state index is 0.306. The molecule has 2 aromatic heterocycles. The molecule has 4 nitrogen and oxygen atoms in total. The van der Waals surface area contributed by atoms with Crippen LogP contribution >= 0.6 is 11.6 Å². The molecule has 0 radical (unpaired) electrons. The van der Waals surface area contributed by atoms with E-state index in [-0.39, 0.29) is 5.82 Å². The average molecular weight is 381 g/mol.